The molecular weight excluding hydrogens is 356 g/mol. The van der Waals surface area contributed by atoms with Crippen LogP contribution >= 0.6 is 0 Å². The van der Waals surface area contributed by atoms with Crippen LogP contribution in [0.5, 0.6) is 5.75 Å². The summed E-state index contributed by atoms with van der Waals surface area (Å²) in [5, 5.41) is 12.9. The summed E-state index contributed by atoms with van der Waals surface area (Å²) in [7, 11) is 0. The molecule has 6 nitrogen and oxygen atoms in total. The molecule has 0 radical (unpaired) electrons. The summed E-state index contributed by atoms with van der Waals surface area (Å²) in [6, 6.07) is 5.32. The molecule has 0 saturated carbocycles. The van der Waals surface area contributed by atoms with Crippen LogP contribution < -0.4 is 5.32 Å². The SMILES string of the molecule is CC(C)(C)OC(=O)N1CCC(CC(=O)Nc2cc(C(C)(C)C)ccc2O)CC1. The summed E-state index contributed by atoms with van der Waals surface area (Å²) in [6.45, 7) is 13.0. The molecule has 0 aliphatic carbocycles. The van der Waals surface area contributed by atoms with Gasteiger partial charge in [0.25, 0.3) is 0 Å². The van der Waals surface area contributed by atoms with Crippen molar-refractivity contribution >= 4 is 17.7 Å². The summed E-state index contributed by atoms with van der Waals surface area (Å²) in [5.74, 6) is 0.171. The number of nitrogens with one attached hydrogen (secondary N) is 1. The number of anilines is 1. The molecule has 0 unspecified atom stereocenters. The molecule has 1 aliphatic heterocycles. The Labute approximate surface area is 168 Å². The van der Waals surface area contributed by atoms with E-state index in [1.54, 1.807) is 11.0 Å². The minimum atomic E-state index is -0.503. The maximum Gasteiger partial charge on any atom is 0.410 e. The molecule has 1 aromatic carbocycles. The third-order valence-electron chi connectivity index (χ3n) is 4.88. The van der Waals surface area contributed by atoms with Crippen molar-refractivity contribution in [2.75, 3.05) is 18.4 Å². The summed E-state index contributed by atoms with van der Waals surface area (Å²) in [6.07, 6.45) is 1.61. The number of carbonyl (C=O) groups is 2. The predicted octanol–water partition coefficient (Wildman–Crippen LogP) is 4.67. The van der Waals surface area contributed by atoms with Gasteiger partial charge in [-0.15, -0.1) is 0 Å². The van der Waals surface area contributed by atoms with Gasteiger partial charge in [-0.3, -0.25) is 4.79 Å². The van der Waals surface area contributed by atoms with Crippen molar-refractivity contribution in [1.82, 2.24) is 4.90 Å². The van der Waals surface area contributed by atoms with E-state index in [-0.39, 0.29) is 29.1 Å². The molecule has 6 heteroatoms. The molecule has 156 valence electrons. The molecule has 0 atom stereocenters. The number of nitrogens with zero attached hydrogens (tertiary/aromatic N) is 1. The Balaban J connectivity index is 1.88. The zero-order valence-electron chi connectivity index (χ0n) is 18.0. The van der Waals surface area contributed by atoms with E-state index in [0.717, 1.165) is 18.4 Å². The quantitative estimate of drug-likeness (QED) is 0.736. The summed E-state index contributed by atoms with van der Waals surface area (Å²) < 4.78 is 5.40. The Morgan fingerprint density at radius 1 is 1.14 bits per heavy atom. The summed E-state index contributed by atoms with van der Waals surface area (Å²) in [5.41, 5.74) is 0.925. The lowest BCUT2D eigenvalue weighted by molar-refractivity contribution is -0.117. The fourth-order valence-corrected chi connectivity index (χ4v) is 3.21. The second kappa shape index (κ2) is 8.41. The van der Waals surface area contributed by atoms with Gasteiger partial charge < -0.3 is 20.1 Å². The largest absolute Gasteiger partial charge is 0.506 e. The van der Waals surface area contributed by atoms with Crippen LogP contribution in [0.15, 0.2) is 18.2 Å². The van der Waals surface area contributed by atoms with Crippen LogP contribution in [0.2, 0.25) is 0 Å². The number of phenols is 1. The second-order valence-electron chi connectivity index (χ2n) is 9.64. The highest BCUT2D eigenvalue weighted by atomic mass is 16.6. The Morgan fingerprint density at radius 2 is 1.75 bits per heavy atom. The number of benzene rings is 1. The topological polar surface area (TPSA) is 78.9 Å². The molecule has 0 spiro atoms. The maximum atomic E-state index is 12.5. The van der Waals surface area contributed by atoms with E-state index in [1.165, 1.54) is 0 Å². The van der Waals surface area contributed by atoms with Crippen LogP contribution in [-0.2, 0) is 14.9 Å². The van der Waals surface area contributed by atoms with Gasteiger partial charge in [0.05, 0.1) is 5.69 Å². The smallest absolute Gasteiger partial charge is 0.410 e. The zero-order chi connectivity index (χ0) is 21.1. The highest BCUT2D eigenvalue weighted by Crippen LogP contribution is 2.31. The molecule has 28 heavy (non-hydrogen) atoms. The Morgan fingerprint density at radius 3 is 2.29 bits per heavy atom. The monoisotopic (exact) mass is 390 g/mol. The highest BCUT2D eigenvalue weighted by Gasteiger charge is 2.28. The van der Waals surface area contributed by atoms with Crippen LogP contribution in [0.1, 0.15) is 66.4 Å². The lowest BCUT2D eigenvalue weighted by Gasteiger charge is -2.33. The van der Waals surface area contributed by atoms with E-state index in [1.807, 2.05) is 32.9 Å². The third-order valence-corrected chi connectivity index (χ3v) is 4.88. The number of piperidine rings is 1. The molecule has 0 aromatic heterocycles. The van der Waals surface area contributed by atoms with E-state index in [9.17, 15) is 14.7 Å². The number of rotatable bonds is 3. The van der Waals surface area contributed by atoms with E-state index in [0.29, 0.717) is 25.2 Å². The lowest BCUT2D eigenvalue weighted by Crippen LogP contribution is -2.42. The number of carbonyl (C=O) groups excluding carboxylic acids is 2. The first kappa shape index (κ1) is 22.1. The minimum Gasteiger partial charge on any atom is -0.506 e. The number of aromatic hydroxyl groups is 1. The molecule has 2 N–H and O–H groups in total. The molecular formula is C22H34N2O4. The van der Waals surface area contributed by atoms with Gasteiger partial charge in [-0.2, -0.15) is 0 Å². The molecule has 1 aromatic rings. The number of likely N-dealkylation sites (tertiary alicyclic amines) is 1. The van der Waals surface area contributed by atoms with Crippen LogP contribution in [-0.4, -0.2) is 40.7 Å². The predicted molar refractivity (Wildman–Crippen MR) is 111 cm³/mol. The molecule has 1 heterocycles. The Kier molecular flexibility index (Phi) is 6.63. The van der Waals surface area contributed by atoms with Gasteiger partial charge in [0.15, 0.2) is 0 Å². The minimum absolute atomic E-state index is 0.0678. The van der Waals surface area contributed by atoms with E-state index < -0.39 is 5.60 Å². The van der Waals surface area contributed by atoms with Gasteiger partial charge >= 0.3 is 6.09 Å². The molecule has 1 fully saturated rings. The van der Waals surface area contributed by atoms with Gasteiger partial charge in [0.1, 0.15) is 11.4 Å². The highest BCUT2D eigenvalue weighted by molar-refractivity contribution is 5.92. The first-order valence-corrected chi connectivity index (χ1v) is 9.96. The average molecular weight is 391 g/mol. The molecule has 0 bridgehead atoms. The summed E-state index contributed by atoms with van der Waals surface area (Å²) >= 11 is 0. The van der Waals surface area contributed by atoms with E-state index >= 15 is 0 Å². The molecule has 1 aliphatic rings. The second-order valence-corrected chi connectivity index (χ2v) is 9.64. The third kappa shape index (κ3) is 6.43. The number of phenolic OH excluding ortho intramolecular Hbond substituents is 1. The first-order valence-electron chi connectivity index (χ1n) is 9.96. The number of hydrogen-bond donors (Lipinski definition) is 2. The first-order chi connectivity index (χ1) is 12.8. The van der Waals surface area contributed by atoms with Crippen molar-refractivity contribution in [1.29, 1.82) is 0 Å². The lowest BCUT2D eigenvalue weighted by atomic mass is 9.86. The number of ether oxygens (including phenoxy) is 1. The zero-order valence-corrected chi connectivity index (χ0v) is 18.0. The van der Waals surface area contributed by atoms with Gasteiger partial charge in [-0.25, -0.2) is 4.79 Å². The molecule has 2 rings (SSSR count). The van der Waals surface area contributed by atoms with Crippen LogP contribution in [0, 0.1) is 5.92 Å². The van der Waals surface area contributed by atoms with Crippen molar-refractivity contribution in [2.24, 2.45) is 5.92 Å². The summed E-state index contributed by atoms with van der Waals surface area (Å²) in [4.78, 5) is 26.3. The van der Waals surface area contributed by atoms with E-state index in [4.69, 9.17) is 4.74 Å². The molecule has 1 saturated heterocycles. The van der Waals surface area contributed by atoms with Crippen molar-refractivity contribution < 1.29 is 19.4 Å². The van der Waals surface area contributed by atoms with Gasteiger partial charge in [-0.1, -0.05) is 26.8 Å². The van der Waals surface area contributed by atoms with Crippen molar-refractivity contribution in [3.63, 3.8) is 0 Å². The average Bonchev–Trinajstić information content (AvgIpc) is 2.55. The van der Waals surface area contributed by atoms with Gasteiger partial charge in [0, 0.05) is 19.5 Å². The Hall–Kier alpha value is -2.24. The van der Waals surface area contributed by atoms with Gasteiger partial charge in [0.2, 0.25) is 5.91 Å². The standard InChI is InChI=1S/C22H34N2O4/c1-21(2,3)16-7-8-18(25)17(14-16)23-19(26)13-15-9-11-24(12-10-15)20(27)28-22(4,5)6/h7-8,14-15,25H,9-13H2,1-6H3,(H,23,26). The van der Waals surface area contributed by atoms with Crippen molar-refractivity contribution in [3.8, 4) is 5.75 Å². The normalized spacial score (nSPS) is 16.0. The Bertz CT molecular complexity index is 708. The number of amides is 2. The molecule has 2 amide bonds. The van der Waals surface area contributed by atoms with Crippen molar-refractivity contribution in [3.05, 3.63) is 23.8 Å². The van der Waals surface area contributed by atoms with Crippen LogP contribution in [0.25, 0.3) is 0 Å². The van der Waals surface area contributed by atoms with Crippen molar-refractivity contribution in [2.45, 2.75) is 71.8 Å². The fourth-order valence-electron chi connectivity index (χ4n) is 3.21. The van der Waals surface area contributed by atoms with Gasteiger partial charge in [-0.05, 0) is 62.6 Å². The van der Waals surface area contributed by atoms with E-state index in [2.05, 4.69) is 26.1 Å². The van der Waals surface area contributed by atoms with Crippen LogP contribution in [0.4, 0.5) is 10.5 Å². The van der Waals surface area contributed by atoms with Crippen LogP contribution in [0.3, 0.4) is 0 Å². The number of hydrogen-bond acceptors (Lipinski definition) is 4. The fraction of sp³-hybridized carbons (Fsp3) is 0.636. The maximum absolute atomic E-state index is 12.5.